The van der Waals surface area contributed by atoms with Gasteiger partial charge in [-0.05, 0) is 30.2 Å². The zero-order valence-corrected chi connectivity index (χ0v) is 17.5. The van der Waals surface area contributed by atoms with Gasteiger partial charge < -0.3 is 25.0 Å². The molecule has 8 heteroatoms. The number of nitrogens with one attached hydrogen (secondary N) is 1. The van der Waals surface area contributed by atoms with Crippen molar-refractivity contribution < 1.29 is 24.2 Å². The first-order chi connectivity index (χ1) is 14.9. The highest BCUT2D eigenvalue weighted by Crippen LogP contribution is 2.18. The summed E-state index contributed by atoms with van der Waals surface area (Å²) in [6, 6.07) is 16.1. The Morgan fingerprint density at radius 3 is 2.23 bits per heavy atom. The van der Waals surface area contributed by atoms with E-state index in [0.717, 1.165) is 16.8 Å². The third-order valence-electron chi connectivity index (χ3n) is 5.17. The van der Waals surface area contributed by atoms with Crippen LogP contribution in [0.15, 0.2) is 54.6 Å². The van der Waals surface area contributed by atoms with Gasteiger partial charge in [0.15, 0.2) is 0 Å². The lowest BCUT2D eigenvalue weighted by Crippen LogP contribution is -2.54. The van der Waals surface area contributed by atoms with Crippen LogP contribution in [0.1, 0.15) is 18.1 Å². The molecule has 2 aromatic rings. The summed E-state index contributed by atoms with van der Waals surface area (Å²) in [6.07, 6.45) is -0.619. The maximum Gasteiger partial charge on any atom is 0.408 e. The molecule has 0 bridgehead atoms. The van der Waals surface area contributed by atoms with Crippen molar-refractivity contribution in [2.45, 2.75) is 26.0 Å². The highest BCUT2D eigenvalue weighted by Gasteiger charge is 2.26. The van der Waals surface area contributed by atoms with Gasteiger partial charge in [0.2, 0.25) is 5.91 Å². The number of nitrogens with zero attached hydrogens (tertiary/aromatic N) is 2. The highest BCUT2D eigenvalue weighted by atomic mass is 16.5. The number of alkyl carbamates (subject to hydrolysis) is 1. The summed E-state index contributed by atoms with van der Waals surface area (Å²) in [7, 11) is 0. The molecule has 8 nitrogen and oxygen atoms in total. The number of ether oxygens (including phenoxy) is 1. The van der Waals surface area contributed by atoms with Crippen LogP contribution in [0.5, 0.6) is 0 Å². The molecule has 164 valence electrons. The normalized spacial score (nSPS) is 14.6. The number of amides is 2. The number of aliphatic carboxylic acids is 1. The number of carboxylic acids is 1. The Morgan fingerprint density at radius 1 is 0.968 bits per heavy atom. The molecule has 1 heterocycles. The molecule has 1 saturated heterocycles. The van der Waals surface area contributed by atoms with Crippen LogP contribution in [0.3, 0.4) is 0 Å². The standard InChI is InChI=1S/C23H27N3O5/c1-17(24-23(30)31-16-19-5-3-2-4-6-19)22(29)26-13-11-25(12-14-26)20-9-7-18(8-10-20)15-21(27)28/h2-10,17H,11-16H2,1H3,(H,24,30)(H,27,28)/t17-/m1/s1. The van der Waals surface area contributed by atoms with E-state index < -0.39 is 18.1 Å². The maximum absolute atomic E-state index is 12.7. The van der Waals surface area contributed by atoms with Gasteiger partial charge in [-0.15, -0.1) is 0 Å². The lowest BCUT2D eigenvalue weighted by molar-refractivity contribution is -0.136. The van der Waals surface area contributed by atoms with Gasteiger partial charge in [0, 0.05) is 31.9 Å². The second kappa shape index (κ2) is 10.5. The van der Waals surface area contributed by atoms with Gasteiger partial charge in [-0.25, -0.2) is 4.79 Å². The van der Waals surface area contributed by atoms with E-state index in [1.165, 1.54) is 0 Å². The molecule has 31 heavy (non-hydrogen) atoms. The van der Waals surface area contributed by atoms with Crippen molar-refractivity contribution in [2.75, 3.05) is 31.1 Å². The number of anilines is 1. The van der Waals surface area contributed by atoms with E-state index in [-0.39, 0.29) is 18.9 Å². The number of carbonyl (C=O) groups is 3. The summed E-state index contributed by atoms with van der Waals surface area (Å²) < 4.78 is 5.18. The molecular formula is C23H27N3O5. The van der Waals surface area contributed by atoms with Crippen molar-refractivity contribution >= 4 is 23.7 Å². The molecule has 0 unspecified atom stereocenters. The number of benzene rings is 2. The van der Waals surface area contributed by atoms with Gasteiger partial charge in [-0.3, -0.25) is 9.59 Å². The van der Waals surface area contributed by atoms with Crippen LogP contribution in [-0.4, -0.2) is 60.2 Å². The summed E-state index contributed by atoms with van der Waals surface area (Å²) in [5.74, 6) is -1.00. The Morgan fingerprint density at radius 2 is 1.61 bits per heavy atom. The van der Waals surface area contributed by atoms with Crippen LogP contribution in [0.25, 0.3) is 0 Å². The Labute approximate surface area is 181 Å². The molecule has 0 aromatic heterocycles. The summed E-state index contributed by atoms with van der Waals surface area (Å²) >= 11 is 0. The smallest absolute Gasteiger partial charge is 0.408 e. The molecule has 2 aromatic carbocycles. The maximum atomic E-state index is 12.7. The van der Waals surface area contributed by atoms with E-state index in [1.54, 1.807) is 11.8 Å². The van der Waals surface area contributed by atoms with Crippen LogP contribution >= 0.6 is 0 Å². The van der Waals surface area contributed by atoms with Crippen LogP contribution in [0.2, 0.25) is 0 Å². The number of carboxylic acid groups (broad SMARTS) is 1. The van der Waals surface area contributed by atoms with Crippen molar-refractivity contribution in [3.8, 4) is 0 Å². The minimum atomic E-state index is -0.855. The van der Waals surface area contributed by atoms with Crippen molar-refractivity contribution in [1.29, 1.82) is 0 Å². The van der Waals surface area contributed by atoms with E-state index in [2.05, 4.69) is 10.2 Å². The van der Waals surface area contributed by atoms with Gasteiger partial charge in [-0.2, -0.15) is 0 Å². The fraction of sp³-hybridized carbons (Fsp3) is 0.348. The van der Waals surface area contributed by atoms with Crippen LogP contribution < -0.4 is 10.2 Å². The van der Waals surface area contributed by atoms with Gasteiger partial charge in [-0.1, -0.05) is 42.5 Å². The monoisotopic (exact) mass is 425 g/mol. The third kappa shape index (κ3) is 6.47. The van der Waals surface area contributed by atoms with Gasteiger partial charge in [0.1, 0.15) is 12.6 Å². The van der Waals surface area contributed by atoms with Crippen LogP contribution in [0, 0.1) is 0 Å². The fourth-order valence-corrected chi connectivity index (χ4v) is 3.46. The molecule has 0 radical (unpaired) electrons. The van der Waals surface area contributed by atoms with Crippen LogP contribution in [-0.2, 0) is 27.4 Å². The van der Waals surface area contributed by atoms with Gasteiger partial charge in [0.05, 0.1) is 6.42 Å². The highest BCUT2D eigenvalue weighted by molar-refractivity contribution is 5.85. The molecule has 1 aliphatic rings. The summed E-state index contributed by atoms with van der Waals surface area (Å²) in [4.78, 5) is 39.4. The first kappa shape index (κ1) is 22.1. The lowest BCUT2D eigenvalue weighted by Gasteiger charge is -2.37. The second-order valence-electron chi connectivity index (χ2n) is 7.48. The van der Waals surface area contributed by atoms with E-state index in [1.807, 2.05) is 54.6 Å². The SMILES string of the molecule is C[C@@H](NC(=O)OCc1ccccc1)C(=O)N1CCN(c2ccc(CC(=O)O)cc2)CC1. The Balaban J connectivity index is 1.43. The predicted octanol–water partition coefficient (Wildman–Crippen LogP) is 2.28. The van der Waals surface area contributed by atoms with Crippen molar-refractivity contribution in [1.82, 2.24) is 10.2 Å². The number of hydrogen-bond donors (Lipinski definition) is 2. The van der Waals surface area contributed by atoms with E-state index >= 15 is 0 Å². The van der Waals surface area contributed by atoms with E-state index in [9.17, 15) is 14.4 Å². The van der Waals surface area contributed by atoms with E-state index in [0.29, 0.717) is 26.2 Å². The second-order valence-corrected chi connectivity index (χ2v) is 7.48. The third-order valence-corrected chi connectivity index (χ3v) is 5.17. The lowest BCUT2D eigenvalue weighted by atomic mass is 10.1. The zero-order chi connectivity index (χ0) is 22.2. The molecule has 1 fully saturated rings. The van der Waals surface area contributed by atoms with Gasteiger partial charge >= 0.3 is 12.1 Å². The largest absolute Gasteiger partial charge is 0.481 e. The first-order valence-corrected chi connectivity index (χ1v) is 10.2. The molecule has 2 amide bonds. The first-order valence-electron chi connectivity index (χ1n) is 10.2. The summed E-state index contributed by atoms with van der Waals surface area (Å²) in [5.41, 5.74) is 2.63. The molecular weight excluding hydrogens is 398 g/mol. The molecule has 3 rings (SSSR count). The number of rotatable bonds is 7. The summed E-state index contributed by atoms with van der Waals surface area (Å²) in [6.45, 7) is 4.21. The van der Waals surface area contributed by atoms with Crippen LogP contribution in [0.4, 0.5) is 10.5 Å². The fourth-order valence-electron chi connectivity index (χ4n) is 3.46. The minimum absolute atomic E-state index is 0.00122. The Hall–Kier alpha value is -3.55. The van der Waals surface area contributed by atoms with E-state index in [4.69, 9.17) is 9.84 Å². The number of hydrogen-bond acceptors (Lipinski definition) is 5. The van der Waals surface area contributed by atoms with Crippen molar-refractivity contribution in [3.05, 3.63) is 65.7 Å². The topological polar surface area (TPSA) is 99.2 Å². The number of piperazine rings is 1. The molecule has 0 spiro atoms. The summed E-state index contributed by atoms with van der Waals surface area (Å²) in [5, 5.41) is 11.5. The zero-order valence-electron chi connectivity index (χ0n) is 17.5. The molecule has 1 aliphatic heterocycles. The quantitative estimate of drug-likeness (QED) is 0.706. The average molecular weight is 425 g/mol. The minimum Gasteiger partial charge on any atom is -0.481 e. The molecule has 2 N–H and O–H groups in total. The Bertz CT molecular complexity index is 893. The van der Waals surface area contributed by atoms with Gasteiger partial charge in [0.25, 0.3) is 0 Å². The predicted molar refractivity (Wildman–Crippen MR) is 116 cm³/mol. The molecule has 0 saturated carbocycles. The average Bonchev–Trinajstić information content (AvgIpc) is 2.78. The van der Waals surface area contributed by atoms with Crippen molar-refractivity contribution in [2.24, 2.45) is 0 Å². The number of carbonyl (C=O) groups excluding carboxylic acids is 2. The van der Waals surface area contributed by atoms with Crippen molar-refractivity contribution in [3.63, 3.8) is 0 Å². The molecule has 0 aliphatic carbocycles. The Kier molecular flexibility index (Phi) is 7.48. The molecule has 1 atom stereocenters.